The summed E-state index contributed by atoms with van der Waals surface area (Å²) in [6.45, 7) is 9.16. The first-order valence-corrected chi connectivity index (χ1v) is 11.8. The molecule has 166 valence electrons. The van der Waals surface area contributed by atoms with E-state index in [2.05, 4.69) is 79.6 Å². The Hall–Kier alpha value is -3.12. The first kappa shape index (κ1) is 20.8. The molecule has 1 aliphatic heterocycles. The number of anilines is 1. The Labute approximate surface area is 189 Å². The van der Waals surface area contributed by atoms with Crippen molar-refractivity contribution in [2.45, 2.75) is 39.2 Å². The molecule has 0 bridgehead atoms. The molecule has 5 rings (SSSR count). The number of aromatic nitrogens is 4. The van der Waals surface area contributed by atoms with Gasteiger partial charge in [0.2, 0.25) is 0 Å². The minimum Gasteiger partial charge on any atom is -0.369 e. The van der Waals surface area contributed by atoms with Crippen LogP contribution in [-0.2, 0) is 6.42 Å². The van der Waals surface area contributed by atoms with Crippen LogP contribution in [0.1, 0.15) is 37.8 Å². The van der Waals surface area contributed by atoms with Gasteiger partial charge in [0.15, 0.2) is 0 Å². The van der Waals surface area contributed by atoms with E-state index in [-0.39, 0.29) is 0 Å². The Morgan fingerprint density at radius 2 is 1.75 bits per heavy atom. The first-order chi connectivity index (χ1) is 15.8. The van der Waals surface area contributed by atoms with E-state index in [4.69, 9.17) is 0 Å². The smallest absolute Gasteiger partial charge is 0.140 e. The molecule has 0 unspecified atom stereocenters. The fourth-order valence-corrected chi connectivity index (χ4v) is 5.03. The molecule has 32 heavy (non-hydrogen) atoms. The zero-order chi connectivity index (χ0) is 21.9. The van der Waals surface area contributed by atoms with Crippen LogP contribution in [0, 0.1) is 0 Å². The van der Waals surface area contributed by atoms with Crippen molar-refractivity contribution in [1.82, 2.24) is 24.5 Å². The summed E-state index contributed by atoms with van der Waals surface area (Å²) in [7, 11) is 0. The molecule has 1 aromatic carbocycles. The van der Waals surface area contributed by atoms with E-state index in [1.165, 1.54) is 29.7 Å². The number of imidazole rings is 1. The molecule has 6 heteroatoms. The summed E-state index contributed by atoms with van der Waals surface area (Å²) >= 11 is 0. The van der Waals surface area contributed by atoms with E-state index in [1.807, 2.05) is 24.8 Å². The molecular formula is C26H32N6. The van der Waals surface area contributed by atoms with Crippen LogP contribution in [-0.4, -0.2) is 56.7 Å². The zero-order valence-corrected chi connectivity index (χ0v) is 19.0. The van der Waals surface area contributed by atoms with E-state index in [0.29, 0.717) is 0 Å². The Morgan fingerprint density at radius 3 is 2.44 bits per heavy atom. The molecular weight excluding hydrogens is 396 g/mol. The molecule has 0 radical (unpaired) electrons. The topological polar surface area (TPSA) is 52.5 Å². The highest BCUT2D eigenvalue weighted by molar-refractivity contribution is 5.65. The Bertz CT molecular complexity index is 1130. The third-order valence-corrected chi connectivity index (χ3v) is 6.89. The average molecular weight is 429 g/mol. The van der Waals surface area contributed by atoms with Gasteiger partial charge in [-0.2, -0.15) is 5.10 Å². The summed E-state index contributed by atoms with van der Waals surface area (Å²) in [6.07, 6.45) is 11.0. The lowest BCUT2D eigenvalue weighted by Gasteiger charge is -2.39. The number of aromatic amines is 1. The highest BCUT2D eigenvalue weighted by Crippen LogP contribution is 2.25. The Balaban J connectivity index is 1.28. The maximum atomic E-state index is 4.63. The molecule has 0 atom stereocenters. The van der Waals surface area contributed by atoms with Gasteiger partial charge >= 0.3 is 0 Å². The molecule has 0 amide bonds. The van der Waals surface area contributed by atoms with E-state index >= 15 is 0 Å². The van der Waals surface area contributed by atoms with Crippen LogP contribution in [0.15, 0.2) is 61.2 Å². The Kier molecular flexibility index (Phi) is 5.95. The molecule has 4 aromatic rings. The van der Waals surface area contributed by atoms with Gasteiger partial charge in [-0.3, -0.25) is 14.4 Å². The molecule has 0 spiro atoms. The van der Waals surface area contributed by atoms with Crippen molar-refractivity contribution in [3.63, 3.8) is 0 Å². The predicted molar refractivity (Wildman–Crippen MR) is 130 cm³/mol. The Morgan fingerprint density at radius 1 is 0.969 bits per heavy atom. The normalized spacial score (nSPS) is 15.2. The van der Waals surface area contributed by atoms with E-state index in [9.17, 15) is 0 Å². The lowest BCUT2D eigenvalue weighted by molar-refractivity contribution is 0.175. The van der Waals surface area contributed by atoms with Gasteiger partial charge in [-0.15, -0.1) is 0 Å². The summed E-state index contributed by atoms with van der Waals surface area (Å²) in [5, 5.41) is 6.98. The van der Waals surface area contributed by atoms with Crippen LogP contribution in [0.4, 0.5) is 5.69 Å². The second-order valence-corrected chi connectivity index (χ2v) is 8.69. The van der Waals surface area contributed by atoms with Gasteiger partial charge in [0.05, 0.1) is 11.9 Å². The zero-order valence-electron chi connectivity index (χ0n) is 19.0. The van der Waals surface area contributed by atoms with Gasteiger partial charge in [0.1, 0.15) is 5.65 Å². The van der Waals surface area contributed by atoms with E-state index in [1.54, 1.807) is 0 Å². The molecule has 1 N–H and O–H groups in total. The highest BCUT2D eigenvalue weighted by atomic mass is 15.3. The lowest BCUT2D eigenvalue weighted by atomic mass is 10.0. The van der Waals surface area contributed by atoms with Crippen molar-refractivity contribution in [3.05, 3.63) is 72.3 Å². The predicted octanol–water partition coefficient (Wildman–Crippen LogP) is 4.63. The molecule has 6 nitrogen and oxygen atoms in total. The number of hydrogen-bond donors (Lipinski definition) is 1. The van der Waals surface area contributed by atoms with Gasteiger partial charge in [-0.1, -0.05) is 32.0 Å². The number of hydrogen-bond acceptors (Lipinski definition) is 4. The molecule has 0 aliphatic carbocycles. The van der Waals surface area contributed by atoms with Crippen molar-refractivity contribution >= 4 is 11.3 Å². The van der Waals surface area contributed by atoms with Crippen LogP contribution in [0.3, 0.4) is 0 Å². The fraction of sp³-hybridized carbons (Fsp3) is 0.385. The van der Waals surface area contributed by atoms with Gasteiger partial charge in [-0.25, -0.2) is 4.98 Å². The number of fused-ring (bicyclic) bond motifs is 1. The molecule has 3 aromatic heterocycles. The third-order valence-electron chi connectivity index (χ3n) is 6.89. The number of rotatable bonds is 7. The molecule has 1 saturated heterocycles. The number of pyridine rings is 1. The first-order valence-electron chi connectivity index (χ1n) is 11.8. The number of benzene rings is 1. The molecule has 4 heterocycles. The van der Waals surface area contributed by atoms with Crippen LogP contribution in [0.2, 0.25) is 0 Å². The van der Waals surface area contributed by atoms with Crippen LogP contribution in [0.5, 0.6) is 0 Å². The minimum absolute atomic E-state index is 0.735. The fourth-order valence-electron chi connectivity index (χ4n) is 5.03. The highest BCUT2D eigenvalue weighted by Gasteiger charge is 2.21. The molecule has 1 aliphatic rings. The number of piperazine rings is 1. The standard InChI is InChI=1S/C26H32N6/c1-3-23(4-2)30-13-15-31(16-14-30)24-8-5-20(6-9-24)17-21-7-10-25(22-18-28-29-19-22)32-12-11-27-26(21)32/h5-12,18-19,23H,3-4,13-17H2,1-2H3,(H,28,29). The van der Waals surface area contributed by atoms with Crippen molar-refractivity contribution in [2.24, 2.45) is 0 Å². The SMILES string of the molecule is CCC(CC)N1CCN(c2ccc(Cc3ccc(-c4cn[nH]c4)n4ccnc34)cc2)CC1. The quantitative estimate of drug-likeness (QED) is 0.466. The average Bonchev–Trinajstić information content (AvgIpc) is 3.54. The number of H-pyrrole nitrogens is 1. The van der Waals surface area contributed by atoms with Gasteiger partial charge in [0, 0.05) is 68.5 Å². The van der Waals surface area contributed by atoms with E-state index < -0.39 is 0 Å². The van der Waals surface area contributed by atoms with Crippen LogP contribution in [0.25, 0.3) is 16.9 Å². The van der Waals surface area contributed by atoms with Crippen molar-refractivity contribution in [3.8, 4) is 11.3 Å². The summed E-state index contributed by atoms with van der Waals surface area (Å²) in [5.41, 5.74) is 7.04. The minimum atomic E-state index is 0.735. The van der Waals surface area contributed by atoms with Crippen LogP contribution >= 0.6 is 0 Å². The maximum Gasteiger partial charge on any atom is 0.140 e. The summed E-state index contributed by atoms with van der Waals surface area (Å²) in [4.78, 5) is 9.81. The van der Waals surface area contributed by atoms with Crippen LogP contribution < -0.4 is 4.90 Å². The lowest BCUT2D eigenvalue weighted by Crippen LogP contribution is -2.50. The number of nitrogens with zero attached hydrogens (tertiary/aromatic N) is 5. The summed E-state index contributed by atoms with van der Waals surface area (Å²) in [5.74, 6) is 0. The maximum absolute atomic E-state index is 4.63. The second kappa shape index (κ2) is 9.17. The van der Waals surface area contributed by atoms with Crippen molar-refractivity contribution in [1.29, 1.82) is 0 Å². The summed E-state index contributed by atoms with van der Waals surface area (Å²) in [6, 6.07) is 14.2. The molecule has 0 saturated carbocycles. The summed E-state index contributed by atoms with van der Waals surface area (Å²) < 4.78 is 2.15. The van der Waals surface area contributed by atoms with Gasteiger partial charge < -0.3 is 4.90 Å². The van der Waals surface area contributed by atoms with Gasteiger partial charge in [0.25, 0.3) is 0 Å². The van der Waals surface area contributed by atoms with Crippen molar-refractivity contribution in [2.75, 3.05) is 31.1 Å². The monoisotopic (exact) mass is 428 g/mol. The van der Waals surface area contributed by atoms with Crippen molar-refractivity contribution < 1.29 is 0 Å². The second-order valence-electron chi connectivity index (χ2n) is 8.69. The molecule has 1 fully saturated rings. The number of nitrogens with one attached hydrogen (secondary N) is 1. The largest absolute Gasteiger partial charge is 0.369 e. The van der Waals surface area contributed by atoms with E-state index in [0.717, 1.165) is 55.5 Å². The third kappa shape index (κ3) is 4.02. The van der Waals surface area contributed by atoms with Gasteiger partial charge in [-0.05, 0) is 42.2 Å².